The highest BCUT2D eigenvalue weighted by Crippen LogP contribution is 2.30. The van der Waals surface area contributed by atoms with E-state index in [4.69, 9.17) is 13.9 Å². The monoisotopic (exact) mass is 392 g/mol. The van der Waals surface area contributed by atoms with Crippen LogP contribution in [-0.4, -0.2) is 27.2 Å². The van der Waals surface area contributed by atoms with Crippen LogP contribution in [-0.2, 0) is 17.1 Å². The van der Waals surface area contributed by atoms with E-state index in [-0.39, 0.29) is 10.5 Å². The summed E-state index contributed by atoms with van der Waals surface area (Å²) in [6, 6.07) is 8.97. The third-order valence-corrected chi connectivity index (χ3v) is 5.85. The lowest BCUT2D eigenvalue weighted by Gasteiger charge is -2.16. The highest BCUT2D eigenvalue weighted by molar-refractivity contribution is 7.89. The van der Waals surface area contributed by atoms with Crippen molar-refractivity contribution < 1.29 is 22.3 Å². The summed E-state index contributed by atoms with van der Waals surface area (Å²) in [6.45, 7) is 1.72. The molecule has 1 N–H and O–H groups in total. The van der Waals surface area contributed by atoms with Gasteiger partial charge in [-0.15, -0.1) is 0 Å². The van der Waals surface area contributed by atoms with Crippen molar-refractivity contribution in [3.05, 3.63) is 52.5 Å². The third-order valence-electron chi connectivity index (χ3n) is 4.31. The average molecular weight is 392 g/mol. The summed E-state index contributed by atoms with van der Waals surface area (Å²) in [5.41, 5.74) is 1.44. The van der Waals surface area contributed by atoms with Gasteiger partial charge in [0.1, 0.15) is 0 Å². The first-order valence-electron chi connectivity index (χ1n) is 8.10. The van der Waals surface area contributed by atoms with Gasteiger partial charge in [0.15, 0.2) is 17.1 Å². The zero-order valence-electron chi connectivity index (χ0n) is 15.3. The largest absolute Gasteiger partial charge is 0.493 e. The molecule has 1 heterocycles. The predicted octanol–water partition coefficient (Wildman–Crippen LogP) is 2.19. The molecule has 1 aromatic heterocycles. The second-order valence-corrected chi connectivity index (χ2v) is 7.73. The fraction of sp³-hybridized carbons (Fsp3) is 0.278. The van der Waals surface area contributed by atoms with E-state index in [1.807, 2.05) is 0 Å². The number of oxazole rings is 1. The Kier molecular flexibility index (Phi) is 4.99. The number of hydrogen-bond donors (Lipinski definition) is 1. The summed E-state index contributed by atoms with van der Waals surface area (Å²) in [7, 11) is 0.767. The Morgan fingerprint density at radius 3 is 2.44 bits per heavy atom. The van der Waals surface area contributed by atoms with E-state index in [0.717, 1.165) is 0 Å². The second-order valence-electron chi connectivity index (χ2n) is 6.01. The molecule has 0 amide bonds. The normalized spacial score (nSPS) is 12.9. The van der Waals surface area contributed by atoms with E-state index in [1.54, 1.807) is 32.2 Å². The SMILES string of the molecule is COc1ccc([C@H](C)NS(=O)(=O)c2ccc3c(c2)oc(=O)n3C)cc1OC. The summed E-state index contributed by atoms with van der Waals surface area (Å²) < 4.78 is 44.9. The fourth-order valence-electron chi connectivity index (χ4n) is 2.77. The molecule has 8 nitrogen and oxygen atoms in total. The number of ether oxygens (including phenoxy) is 2. The molecule has 0 aliphatic rings. The lowest BCUT2D eigenvalue weighted by atomic mass is 10.1. The predicted molar refractivity (Wildman–Crippen MR) is 99.7 cm³/mol. The zero-order valence-corrected chi connectivity index (χ0v) is 16.2. The molecule has 0 radical (unpaired) electrons. The first-order valence-corrected chi connectivity index (χ1v) is 9.59. The number of rotatable bonds is 6. The number of nitrogens with one attached hydrogen (secondary N) is 1. The number of sulfonamides is 1. The minimum Gasteiger partial charge on any atom is -0.493 e. The Morgan fingerprint density at radius 2 is 1.78 bits per heavy atom. The van der Waals surface area contributed by atoms with Gasteiger partial charge in [0.05, 0.1) is 24.6 Å². The van der Waals surface area contributed by atoms with Crippen LogP contribution in [0.4, 0.5) is 0 Å². The van der Waals surface area contributed by atoms with Gasteiger partial charge in [0.25, 0.3) is 0 Å². The van der Waals surface area contributed by atoms with Crippen LogP contribution in [0.2, 0.25) is 0 Å². The van der Waals surface area contributed by atoms with Crippen LogP contribution in [0.15, 0.2) is 50.5 Å². The van der Waals surface area contributed by atoms with Crippen molar-refractivity contribution in [2.24, 2.45) is 7.05 Å². The van der Waals surface area contributed by atoms with Gasteiger partial charge in [-0.25, -0.2) is 17.9 Å². The number of aromatic nitrogens is 1. The molecule has 27 heavy (non-hydrogen) atoms. The maximum atomic E-state index is 12.7. The van der Waals surface area contributed by atoms with E-state index >= 15 is 0 Å². The third kappa shape index (κ3) is 3.56. The van der Waals surface area contributed by atoms with Crippen LogP contribution < -0.4 is 20.0 Å². The van der Waals surface area contributed by atoms with Gasteiger partial charge in [0.2, 0.25) is 10.0 Å². The number of fused-ring (bicyclic) bond motifs is 1. The minimum absolute atomic E-state index is 0.0108. The van der Waals surface area contributed by atoms with E-state index in [9.17, 15) is 13.2 Å². The molecule has 0 fully saturated rings. The number of aryl methyl sites for hydroxylation is 1. The highest BCUT2D eigenvalue weighted by atomic mass is 32.2. The molecule has 0 saturated heterocycles. The van der Waals surface area contributed by atoms with Crippen LogP contribution >= 0.6 is 0 Å². The van der Waals surface area contributed by atoms with Crippen molar-refractivity contribution in [2.75, 3.05) is 14.2 Å². The van der Waals surface area contributed by atoms with Gasteiger partial charge in [-0.05, 0) is 36.8 Å². The molecular formula is C18H20N2O6S. The lowest BCUT2D eigenvalue weighted by Crippen LogP contribution is -2.26. The summed E-state index contributed by atoms with van der Waals surface area (Å²) >= 11 is 0. The first kappa shape index (κ1) is 19.0. The Morgan fingerprint density at radius 1 is 1.07 bits per heavy atom. The first-order chi connectivity index (χ1) is 12.8. The Hall–Kier alpha value is -2.78. The standard InChI is InChI=1S/C18H20N2O6S/c1-11(12-5-8-15(24-3)17(9-12)25-4)19-27(22,23)13-6-7-14-16(10-13)26-18(21)20(14)2/h5-11,19H,1-4H3/t11-/m0/s1. The number of hydrogen-bond acceptors (Lipinski definition) is 6. The van der Waals surface area contributed by atoms with E-state index in [0.29, 0.717) is 22.6 Å². The van der Waals surface area contributed by atoms with Crippen LogP contribution in [0.5, 0.6) is 11.5 Å². The summed E-state index contributed by atoms with van der Waals surface area (Å²) in [5.74, 6) is 0.514. The summed E-state index contributed by atoms with van der Waals surface area (Å²) in [4.78, 5) is 11.6. The quantitative estimate of drug-likeness (QED) is 0.690. The minimum atomic E-state index is -3.83. The molecule has 0 aliphatic heterocycles. The summed E-state index contributed by atoms with van der Waals surface area (Å²) in [5, 5.41) is 0. The van der Waals surface area contributed by atoms with Crippen LogP contribution in [0.1, 0.15) is 18.5 Å². The molecule has 0 spiro atoms. The molecular weight excluding hydrogens is 372 g/mol. The zero-order chi connectivity index (χ0) is 19.8. The van der Waals surface area contributed by atoms with Crippen molar-refractivity contribution in [3.63, 3.8) is 0 Å². The van der Waals surface area contributed by atoms with Gasteiger partial charge in [-0.2, -0.15) is 0 Å². The molecule has 0 saturated carbocycles. The molecule has 0 aliphatic carbocycles. The highest BCUT2D eigenvalue weighted by Gasteiger charge is 2.21. The smallest absolute Gasteiger partial charge is 0.419 e. The van der Waals surface area contributed by atoms with Crippen molar-refractivity contribution in [3.8, 4) is 11.5 Å². The van der Waals surface area contributed by atoms with Gasteiger partial charge >= 0.3 is 5.76 Å². The Bertz CT molecular complexity index is 1150. The molecule has 0 unspecified atom stereocenters. The van der Waals surface area contributed by atoms with Gasteiger partial charge in [-0.1, -0.05) is 6.07 Å². The lowest BCUT2D eigenvalue weighted by molar-refractivity contribution is 0.354. The van der Waals surface area contributed by atoms with E-state index in [2.05, 4.69) is 4.72 Å². The molecule has 144 valence electrons. The molecule has 0 bridgehead atoms. The topological polar surface area (TPSA) is 99.8 Å². The Balaban J connectivity index is 1.91. The van der Waals surface area contributed by atoms with Crippen molar-refractivity contribution >= 4 is 21.1 Å². The van der Waals surface area contributed by atoms with Crippen LogP contribution in [0.25, 0.3) is 11.1 Å². The van der Waals surface area contributed by atoms with Crippen molar-refractivity contribution in [1.29, 1.82) is 0 Å². The number of methoxy groups -OCH3 is 2. The molecule has 3 rings (SSSR count). The van der Waals surface area contributed by atoms with Crippen molar-refractivity contribution in [2.45, 2.75) is 17.9 Å². The van der Waals surface area contributed by atoms with Crippen LogP contribution in [0, 0.1) is 0 Å². The van der Waals surface area contributed by atoms with Gasteiger partial charge in [0, 0.05) is 19.2 Å². The number of nitrogens with zero attached hydrogens (tertiary/aromatic N) is 1. The molecule has 9 heteroatoms. The maximum absolute atomic E-state index is 12.7. The Labute approximate surface area is 156 Å². The maximum Gasteiger partial charge on any atom is 0.419 e. The van der Waals surface area contributed by atoms with E-state index < -0.39 is 21.8 Å². The molecule has 3 aromatic rings. The number of benzene rings is 2. The van der Waals surface area contributed by atoms with Gasteiger partial charge < -0.3 is 13.9 Å². The van der Waals surface area contributed by atoms with Crippen LogP contribution in [0.3, 0.4) is 0 Å². The molecule has 2 aromatic carbocycles. The van der Waals surface area contributed by atoms with E-state index in [1.165, 1.54) is 37.0 Å². The molecule has 1 atom stereocenters. The summed E-state index contributed by atoms with van der Waals surface area (Å²) in [6.07, 6.45) is 0. The van der Waals surface area contributed by atoms with Gasteiger partial charge in [-0.3, -0.25) is 4.57 Å². The van der Waals surface area contributed by atoms with Crippen molar-refractivity contribution in [1.82, 2.24) is 9.29 Å². The average Bonchev–Trinajstić information content (AvgIpc) is 2.94. The fourth-order valence-corrected chi connectivity index (χ4v) is 4.02. The second kappa shape index (κ2) is 7.09.